The number of benzene rings is 9. The average molecular weight is 1080 g/mol. The molecule has 0 radical (unpaired) electrons. The van der Waals surface area contributed by atoms with Crippen LogP contribution in [0, 0.1) is 0 Å². The van der Waals surface area contributed by atoms with Crippen LogP contribution in [0.3, 0.4) is 0 Å². The van der Waals surface area contributed by atoms with Gasteiger partial charge in [0, 0.05) is 79.3 Å². The van der Waals surface area contributed by atoms with E-state index in [4.69, 9.17) is 0 Å². The van der Waals surface area contributed by atoms with Crippen LogP contribution >= 0.6 is 0 Å². The minimum atomic E-state index is 0.648. The van der Waals surface area contributed by atoms with Crippen molar-refractivity contribution in [1.82, 2.24) is 9.13 Å². The highest BCUT2D eigenvalue weighted by Gasteiger charge is 2.15. The summed E-state index contributed by atoms with van der Waals surface area (Å²) in [7, 11) is 0. The Morgan fingerprint density at radius 1 is 0.289 bits per heavy atom. The van der Waals surface area contributed by atoms with Crippen molar-refractivity contribution in [3.63, 3.8) is 0 Å². The molecule has 4 nitrogen and oxygen atoms in total. The van der Waals surface area contributed by atoms with Crippen molar-refractivity contribution in [3.8, 4) is 0 Å². The molecule has 0 aliphatic heterocycles. The van der Waals surface area contributed by atoms with Crippen LogP contribution in [0.4, 0.5) is 17.1 Å². The van der Waals surface area contributed by atoms with E-state index < -0.39 is 0 Å². The van der Waals surface area contributed by atoms with Crippen molar-refractivity contribution in [3.05, 3.63) is 256 Å². The number of anilines is 3. The van der Waals surface area contributed by atoms with E-state index in [9.17, 15) is 4.79 Å². The van der Waals surface area contributed by atoms with E-state index in [1.54, 1.807) is 0 Å². The monoisotopic (exact) mass is 1080 g/mol. The molecule has 0 N–H and O–H groups in total. The minimum Gasteiger partial charge on any atom is -0.340 e. The van der Waals surface area contributed by atoms with Crippen LogP contribution in [-0.4, -0.2) is 15.4 Å². The standard InChI is InChI=1S/C79H77N3O/c1-3-5-7-9-11-17-55-80-76-21-15-13-19-72(76)74-57-66(45-53-78(74)80)37-35-62-27-23-60(24-28-62)31-33-64-39-47-69(48-40-64)82(71-51-43-68(59-83)44-52-71)70-49-41-65(42-50-70)34-32-61-25-29-63(30-26-61)36-38-67-46-54-79-75(58-67)73-20-14-16-22-77(73)81(79)56-18-12-10-8-6-4-2/h13-16,19-54,57-59H,3-12,17-18,55-56H2,1-2H3/b33-31+,34-32+,37-35+,38-36+. The highest BCUT2D eigenvalue weighted by Crippen LogP contribution is 2.37. The zero-order chi connectivity index (χ0) is 56.6. The largest absolute Gasteiger partial charge is 0.340 e. The van der Waals surface area contributed by atoms with E-state index in [0.717, 1.165) is 58.7 Å². The molecular formula is C79H77N3O. The number of carbonyl (C=O) groups is 1. The van der Waals surface area contributed by atoms with Crippen molar-refractivity contribution >= 4 is 116 Å². The molecule has 0 spiro atoms. The van der Waals surface area contributed by atoms with Gasteiger partial charge in [0.2, 0.25) is 0 Å². The van der Waals surface area contributed by atoms with E-state index in [1.165, 1.54) is 143 Å². The van der Waals surface area contributed by atoms with Crippen LogP contribution in [-0.2, 0) is 13.1 Å². The SMILES string of the molecule is CCCCCCCCn1c2ccccc2c2cc(/C=C/c3ccc(/C=C/c4ccc(N(c5ccc(C=O)cc5)c5ccc(/C=C/c6ccc(/C=C/c7ccc8c(c7)c7ccccc7n8CCCCCCCC)cc6)cc5)cc4)cc3)ccc21. The Morgan fingerprint density at radius 3 is 0.916 bits per heavy atom. The Labute approximate surface area is 492 Å². The van der Waals surface area contributed by atoms with Crippen molar-refractivity contribution in [2.75, 3.05) is 4.90 Å². The van der Waals surface area contributed by atoms with Crippen LogP contribution in [0.1, 0.15) is 146 Å². The topological polar surface area (TPSA) is 30.2 Å². The van der Waals surface area contributed by atoms with E-state index in [-0.39, 0.29) is 0 Å². The number of aldehydes is 1. The summed E-state index contributed by atoms with van der Waals surface area (Å²) in [4.78, 5) is 13.9. The Hall–Kier alpha value is -8.99. The molecule has 9 aromatic carbocycles. The third-order valence-corrected chi connectivity index (χ3v) is 16.4. The maximum absolute atomic E-state index is 11.6. The summed E-state index contributed by atoms with van der Waals surface area (Å²) in [6, 6.07) is 74.1. The summed E-state index contributed by atoms with van der Waals surface area (Å²) < 4.78 is 5.06. The molecule has 4 heteroatoms. The summed E-state index contributed by atoms with van der Waals surface area (Å²) in [5, 5.41) is 5.31. The lowest BCUT2D eigenvalue weighted by atomic mass is 10.1. The fraction of sp³-hybridized carbons (Fsp3) is 0.203. The molecule has 0 bridgehead atoms. The molecule has 0 unspecified atom stereocenters. The number of hydrogen-bond acceptors (Lipinski definition) is 2. The van der Waals surface area contributed by atoms with E-state index in [1.807, 2.05) is 24.3 Å². The predicted octanol–water partition coefficient (Wildman–Crippen LogP) is 22.6. The van der Waals surface area contributed by atoms with Gasteiger partial charge in [-0.25, -0.2) is 0 Å². The minimum absolute atomic E-state index is 0.648. The van der Waals surface area contributed by atoms with Gasteiger partial charge in [-0.2, -0.15) is 0 Å². The molecule has 0 saturated carbocycles. The van der Waals surface area contributed by atoms with Crippen molar-refractivity contribution < 1.29 is 4.79 Å². The molecule has 0 aliphatic carbocycles. The van der Waals surface area contributed by atoms with Crippen molar-refractivity contribution in [1.29, 1.82) is 0 Å². The smallest absolute Gasteiger partial charge is 0.150 e. The van der Waals surface area contributed by atoms with Gasteiger partial charge in [-0.05, 0) is 142 Å². The first-order chi connectivity index (χ1) is 41.0. The highest BCUT2D eigenvalue weighted by atomic mass is 16.1. The summed E-state index contributed by atoms with van der Waals surface area (Å²) in [5.74, 6) is 0. The van der Waals surface area contributed by atoms with E-state index >= 15 is 0 Å². The van der Waals surface area contributed by atoms with Gasteiger partial charge in [-0.3, -0.25) is 4.79 Å². The van der Waals surface area contributed by atoms with Gasteiger partial charge in [-0.1, -0.05) is 248 Å². The second kappa shape index (κ2) is 27.7. The molecule has 2 heterocycles. The van der Waals surface area contributed by atoms with Crippen LogP contribution in [0.25, 0.3) is 92.2 Å². The molecule has 83 heavy (non-hydrogen) atoms. The van der Waals surface area contributed by atoms with E-state index in [0.29, 0.717) is 5.56 Å². The molecule has 0 atom stereocenters. The first-order valence-corrected chi connectivity index (χ1v) is 30.5. The third-order valence-electron chi connectivity index (χ3n) is 16.4. The normalized spacial score (nSPS) is 12.0. The average Bonchev–Trinajstić information content (AvgIpc) is 4.17. The quantitative estimate of drug-likeness (QED) is 0.0307. The van der Waals surface area contributed by atoms with Crippen LogP contribution < -0.4 is 4.90 Å². The molecule has 11 rings (SSSR count). The number of carbonyl (C=O) groups excluding carboxylic acids is 1. The maximum atomic E-state index is 11.6. The molecule has 11 aromatic rings. The summed E-state index contributed by atoms with van der Waals surface area (Å²) >= 11 is 0. The molecule has 0 saturated heterocycles. The van der Waals surface area contributed by atoms with Gasteiger partial charge in [0.15, 0.2) is 0 Å². The fourth-order valence-corrected chi connectivity index (χ4v) is 11.8. The Morgan fingerprint density at radius 2 is 0.566 bits per heavy atom. The van der Waals surface area contributed by atoms with Crippen LogP contribution in [0.15, 0.2) is 206 Å². The third kappa shape index (κ3) is 13.9. The van der Waals surface area contributed by atoms with Crippen molar-refractivity contribution in [2.45, 2.75) is 104 Å². The number of nitrogens with zero attached hydrogens (tertiary/aromatic N) is 3. The number of aryl methyl sites for hydroxylation is 2. The lowest BCUT2D eigenvalue weighted by Crippen LogP contribution is -2.10. The maximum Gasteiger partial charge on any atom is 0.150 e. The summed E-state index contributed by atoms with van der Waals surface area (Å²) in [6.07, 6.45) is 34.1. The summed E-state index contributed by atoms with van der Waals surface area (Å²) in [5.41, 5.74) is 18.2. The fourth-order valence-electron chi connectivity index (χ4n) is 11.8. The van der Waals surface area contributed by atoms with Gasteiger partial charge in [0.1, 0.15) is 6.29 Å². The van der Waals surface area contributed by atoms with Gasteiger partial charge < -0.3 is 14.0 Å². The van der Waals surface area contributed by atoms with Gasteiger partial charge >= 0.3 is 0 Å². The first kappa shape index (κ1) is 55.9. The number of hydrogen-bond donors (Lipinski definition) is 0. The lowest BCUT2D eigenvalue weighted by molar-refractivity contribution is 0.112. The molecule has 2 aromatic heterocycles. The molecular weight excluding hydrogens is 1010 g/mol. The predicted molar refractivity (Wildman–Crippen MR) is 361 cm³/mol. The summed E-state index contributed by atoms with van der Waals surface area (Å²) in [6.45, 7) is 6.69. The molecule has 0 aliphatic rings. The number of rotatable bonds is 26. The lowest BCUT2D eigenvalue weighted by Gasteiger charge is -2.25. The molecule has 0 amide bonds. The highest BCUT2D eigenvalue weighted by molar-refractivity contribution is 6.10. The molecule has 414 valence electrons. The second-order valence-corrected chi connectivity index (χ2v) is 22.3. The first-order valence-electron chi connectivity index (χ1n) is 30.5. The number of para-hydroxylation sites is 2. The van der Waals surface area contributed by atoms with Gasteiger partial charge in [0.05, 0.1) is 0 Å². The van der Waals surface area contributed by atoms with Gasteiger partial charge in [0.25, 0.3) is 0 Å². The number of unbranched alkanes of at least 4 members (excludes halogenated alkanes) is 10. The number of fused-ring (bicyclic) bond motifs is 6. The van der Waals surface area contributed by atoms with E-state index in [2.05, 4.69) is 258 Å². The van der Waals surface area contributed by atoms with Crippen molar-refractivity contribution in [2.24, 2.45) is 0 Å². The Bertz CT molecular complexity index is 3790. The zero-order valence-electron chi connectivity index (χ0n) is 48.5. The second-order valence-electron chi connectivity index (χ2n) is 22.3. The Kier molecular flexibility index (Phi) is 18.6. The van der Waals surface area contributed by atoms with Gasteiger partial charge in [-0.15, -0.1) is 0 Å². The van der Waals surface area contributed by atoms with Crippen LogP contribution in [0.5, 0.6) is 0 Å². The number of aromatic nitrogens is 2. The molecule has 0 fully saturated rings. The van der Waals surface area contributed by atoms with Crippen LogP contribution in [0.2, 0.25) is 0 Å². The zero-order valence-corrected chi connectivity index (χ0v) is 48.5. The Balaban J connectivity index is 0.717.